The maximum atomic E-state index is 5.91. The molecular weight excluding hydrogens is 200 g/mol. The Balaban J connectivity index is 1.99. The average molecular weight is 222 g/mol. The van der Waals surface area contributed by atoms with Gasteiger partial charge in [0.15, 0.2) is 0 Å². The van der Waals surface area contributed by atoms with Crippen molar-refractivity contribution < 1.29 is 0 Å². The second kappa shape index (κ2) is 4.55. The van der Waals surface area contributed by atoms with E-state index < -0.39 is 0 Å². The van der Waals surface area contributed by atoms with Gasteiger partial charge in [0.05, 0.1) is 12.0 Å². The molecule has 2 rings (SSSR count). The SMILES string of the molecule is CC(Cn1cncc1[C@@H](C)N)N(C)C1CC1. The molecule has 1 fully saturated rings. The maximum Gasteiger partial charge on any atom is 0.0949 e. The minimum atomic E-state index is 0.0564. The van der Waals surface area contributed by atoms with Crippen LogP contribution < -0.4 is 5.73 Å². The lowest BCUT2D eigenvalue weighted by molar-refractivity contribution is 0.224. The summed E-state index contributed by atoms with van der Waals surface area (Å²) in [5.74, 6) is 0. The van der Waals surface area contributed by atoms with Crippen LogP contribution in [0.4, 0.5) is 0 Å². The van der Waals surface area contributed by atoms with Crippen LogP contribution in [-0.4, -0.2) is 33.6 Å². The summed E-state index contributed by atoms with van der Waals surface area (Å²) < 4.78 is 2.17. The van der Waals surface area contributed by atoms with Gasteiger partial charge in [-0.1, -0.05) is 0 Å². The lowest BCUT2D eigenvalue weighted by Gasteiger charge is -2.25. The molecule has 1 aromatic rings. The Labute approximate surface area is 97.4 Å². The average Bonchev–Trinajstić information content (AvgIpc) is 2.97. The third-order valence-electron chi connectivity index (χ3n) is 3.49. The maximum absolute atomic E-state index is 5.91. The molecular formula is C12H22N4. The fraction of sp³-hybridized carbons (Fsp3) is 0.750. The normalized spacial score (nSPS) is 20.1. The Hall–Kier alpha value is -0.870. The largest absolute Gasteiger partial charge is 0.332 e. The van der Waals surface area contributed by atoms with Gasteiger partial charge < -0.3 is 10.3 Å². The Morgan fingerprint density at radius 1 is 1.56 bits per heavy atom. The van der Waals surface area contributed by atoms with E-state index in [1.807, 2.05) is 19.4 Å². The van der Waals surface area contributed by atoms with Crippen molar-refractivity contribution in [1.29, 1.82) is 0 Å². The Kier molecular flexibility index (Phi) is 3.30. The Morgan fingerprint density at radius 2 is 2.25 bits per heavy atom. The molecule has 0 saturated heterocycles. The van der Waals surface area contributed by atoms with E-state index in [1.165, 1.54) is 12.8 Å². The molecule has 1 unspecified atom stereocenters. The molecule has 0 spiro atoms. The molecule has 1 heterocycles. The number of nitrogens with zero attached hydrogens (tertiary/aromatic N) is 3. The molecule has 1 aromatic heterocycles. The number of nitrogens with two attached hydrogens (primary N) is 1. The predicted molar refractivity (Wildman–Crippen MR) is 65.1 cm³/mol. The summed E-state index contributed by atoms with van der Waals surface area (Å²) in [4.78, 5) is 6.64. The topological polar surface area (TPSA) is 47.1 Å². The lowest BCUT2D eigenvalue weighted by atomic mass is 10.2. The van der Waals surface area contributed by atoms with E-state index in [1.54, 1.807) is 0 Å². The minimum Gasteiger partial charge on any atom is -0.332 e. The van der Waals surface area contributed by atoms with E-state index in [4.69, 9.17) is 5.73 Å². The van der Waals surface area contributed by atoms with Crippen LogP contribution in [0.1, 0.15) is 38.4 Å². The summed E-state index contributed by atoms with van der Waals surface area (Å²) in [5.41, 5.74) is 7.03. The first-order valence-corrected chi connectivity index (χ1v) is 6.07. The summed E-state index contributed by atoms with van der Waals surface area (Å²) in [5, 5.41) is 0. The third kappa shape index (κ3) is 2.44. The zero-order valence-corrected chi connectivity index (χ0v) is 10.4. The van der Waals surface area contributed by atoms with E-state index in [0.29, 0.717) is 6.04 Å². The van der Waals surface area contributed by atoms with Crippen molar-refractivity contribution >= 4 is 0 Å². The summed E-state index contributed by atoms with van der Waals surface area (Å²) in [6, 6.07) is 1.40. The minimum absolute atomic E-state index is 0.0564. The molecule has 0 bridgehead atoms. The van der Waals surface area contributed by atoms with E-state index in [2.05, 4.69) is 28.4 Å². The van der Waals surface area contributed by atoms with Gasteiger partial charge in [-0.15, -0.1) is 0 Å². The van der Waals surface area contributed by atoms with Crippen molar-refractivity contribution in [3.05, 3.63) is 18.2 Å². The van der Waals surface area contributed by atoms with Crippen molar-refractivity contribution in [3.8, 4) is 0 Å². The summed E-state index contributed by atoms with van der Waals surface area (Å²) >= 11 is 0. The van der Waals surface area contributed by atoms with Gasteiger partial charge in [0.2, 0.25) is 0 Å². The fourth-order valence-electron chi connectivity index (χ4n) is 2.12. The molecule has 16 heavy (non-hydrogen) atoms. The summed E-state index contributed by atoms with van der Waals surface area (Å²) in [6.45, 7) is 5.25. The van der Waals surface area contributed by atoms with Gasteiger partial charge >= 0.3 is 0 Å². The van der Waals surface area contributed by atoms with Gasteiger partial charge in [0.25, 0.3) is 0 Å². The number of hydrogen-bond donors (Lipinski definition) is 1. The Bertz CT molecular complexity index is 341. The molecule has 0 aromatic carbocycles. The van der Waals surface area contributed by atoms with Gasteiger partial charge in [-0.3, -0.25) is 4.90 Å². The quantitative estimate of drug-likeness (QED) is 0.819. The first kappa shape index (κ1) is 11.6. The molecule has 0 amide bonds. The number of likely N-dealkylation sites (N-methyl/N-ethyl adjacent to an activating group) is 1. The zero-order valence-electron chi connectivity index (χ0n) is 10.4. The van der Waals surface area contributed by atoms with Gasteiger partial charge in [-0.2, -0.15) is 0 Å². The van der Waals surface area contributed by atoms with Crippen LogP contribution in [0.5, 0.6) is 0 Å². The van der Waals surface area contributed by atoms with Crippen LogP contribution in [0.3, 0.4) is 0 Å². The van der Waals surface area contributed by atoms with Crippen molar-refractivity contribution in [3.63, 3.8) is 0 Å². The highest BCUT2D eigenvalue weighted by Crippen LogP contribution is 2.27. The van der Waals surface area contributed by atoms with Crippen LogP contribution >= 0.6 is 0 Å². The molecule has 4 nitrogen and oxygen atoms in total. The first-order chi connectivity index (χ1) is 7.59. The molecule has 1 saturated carbocycles. The van der Waals surface area contributed by atoms with Gasteiger partial charge in [0.1, 0.15) is 0 Å². The zero-order chi connectivity index (χ0) is 11.7. The highest BCUT2D eigenvalue weighted by molar-refractivity contribution is 5.03. The second-order valence-electron chi connectivity index (χ2n) is 5.01. The number of hydrogen-bond acceptors (Lipinski definition) is 3. The molecule has 2 N–H and O–H groups in total. The van der Waals surface area contributed by atoms with Crippen LogP contribution in [0.2, 0.25) is 0 Å². The van der Waals surface area contributed by atoms with Gasteiger partial charge in [0, 0.05) is 30.9 Å². The van der Waals surface area contributed by atoms with E-state index in [-0.39, 0.29) is 6.04 Å². The van der Waals surface area contributed by atoms with Crippen molar-refractivity contribution in [2.75, 3.05) is 7.05 Å². The molecule has 0 aliphatic heterocycles. The number of imidazole rings is 1. The molecule has 2 atom stereocenters. The second-order valence-corrected chi connectivity index (χ2v) is 5.01. The number of rotatable bonds is 5. The van der Waals surface area contributed by atoms with Crippen LogP contribution in [-0.2, 0) is 6.54 Å². The van der Waals surface area contributed by atoms with Crippen LogP contribution in [0.25, 0.3) is 0 Å². The molecule has 0 radical (unpaired) electrons. The monoisotopic (exact) mass is 222 g/mol. The molecule has 1 aliphatic carbocycles. The highest BCUT2D eigenvalue weighted by atomic mass is 15.2. The first-order valence-electron chi connectivity index (χ1n) is 6.07. The van der Waals surface area contributed by atoms with E-state index in [0.717, 1.165) is 18.3 Å². The number of aromatic nitrogens is 2. The fourth-order valence-corrected chi connectivity index (χ4v) is 2.12. The van der Waals surface area contributed by atoms with E-state index >= 15 is 0 Å². The van der Waals surface area contributed by atoms with Crippen LogP contribution in [0, 0.1) is 0 Å². The third-order valence-corrected chi connectivity index (χ3v) is 3.49. The van der Waals surface area contributed by atoms with E-state index in [9.17, 15) is 0 Å². The standard InChI is InChI=1S/C12H22N4/c1-9(15(3)11-4-5-11)7-16-8-14-6-12(16)10(2)13/h6,8-11H,4-5,7,13H2,1-3H3/t9?,10-/m1/s1. The van der Waals surface area contributed by atoms with Gasteiger partial charge in [-0.05, 0) is 33.7 Å². The predicted octanol–water partition coefficient (Wildman–Crippen LogP) is 1.39. The lowest BCUT2D eigenvalue weighted by Crippen LogP contribution is -2.35. The van der Waals surface area contributed by atoms with Crippen molar-refractivity contribution in [1.82, 2.24) is 14.5 Å². The molecule has 4 heteroatoms. The van der Waals surface area contributed by atoms with Crippen LogP contribution in [0.15, 0.2) is 12.5 Å². The molecule has 1 aliphatic rings. The summed E-state index contributed by atoms with van der Waals surface area (Å²) in [6.07, 6.45) is 6.46. The van der Waals surface area contributed by atoms with Crippen molar-refractivity contribution in [2.45, 2.75) is 51.4 Å². The highest BCUT2D eigenvalue weighted by Gasteiger charge is 2.29. The van der Waals surface area contributed by atoms with Gasteiger partial charge in [-0.25, -0.2) is 4.98 Å². The molecule has 90 valence electrons. The Morgan fingerprint density at radius 3 is 2.81 bits per heavy atom. The van der Waals surface area contributed by atoms with Crippen molar-refractivity contribution in [2.24, 2.45) is 5.73 Å². The summed E-state index contributed by atoms with van der Waals surface area (Å²) in [7, 11) is 2.21. The smallest absolute Gasteiger partial charge is 0.0949 e.